The molecule has 0 heterocycles. The van der Waals surface area contributed by atoms with Gasteiger partial charge in [0, 0.05) is 33.8 Å². The summed E-state index contributed by atoms with van der Waals surface area (Å²) in [6.07, 6.45) is 6.48. The highest BCUT2D eigenvalue weighted by atomic mass is 32.2. The highest BCUT2D eigenvalue weighted by Crippen LogP contribution is 2.30. The van der Waals surface area contributed by atoms with Crippen LogP contribution in [-0.4, -0.2) is 34.9 Å². The van der Waals surface area contributed by atoms with Gasteiger partial charge < -0.3 is 9.68 Å². The van der Waals surface area contributed by atoms with Crippen LogP contribution in [0.4, 0.5) is 0 Å². The second kappa shape index (κ2) is 15.1. The van der Waals surface area contributed by atoms with Gasteiger partial charge in [-0.3, -0.25) is 9.59 Å². The molecule has 3 rings (SSSR count). The number of carbonyl (C=O) groups excluding carboxylic acids is 4. The van der Waals surface area contributed by atoms with Crippen molar-refractivity contribution in [1.29, 1.82) is 0 Å². The Balaban J connectivity index is 1.63. The fraction of sp³-hybridized carbons (Fsp3) is 0.400. The molecule has 9 heteroatoms. The van der Waals surface area contributed by atoms with Crippen LogP contribution in [-0.2, 0) is 19.3 Å². The lowest BCUT2D eigenvalue weighted by Gasteiger charge is -2.10. The van der Waals surface area contributed by atoms with Crippen LogP contribution in [0.3, 0.4) is 0 Å². The first-order valence-electron chi connectivity index (χ1n) is 13.3. The summed E-state index contributed by atoms with van der Waals surface area (Å²) in [4.78, 5) is 60.0. The standard InChI is InChI=1S/C30H34N2O6S/c1-4-27(33)37-31-20(3)29(35)22-11-15-24(16-12-22)39-25-17-13-23(14-18-25)30(36)26(32-38-28(34)5-2)19-10-21-8-6-7-9-21/h11-18,21H,4-10,19H2,1-3H3/b31-20+,32-26+. The number of hydrogen-bond donors (Lipinski definition) is 0. The predicted octanol–water partition coefficient (Wildman–Crippen LogP) is 6.81. The Labute approximate surface area is 233 Å². The molecule has 2 aromatic rings. The maximum absolute atomic E-state index is 13.2. The molecule has 0 bridgehead atoms. The van der Waals surface area contributed by atoms with Crippen molar-refractivity contribution >= 4 is 46.7 Å². The summed E-state index contributed by atoms with van der Waals surface area (Å²) < 4.78 is 0. The van der Waals surface area contributed by atoms with Crippen molar-refractivity contribution in [3.8, 4) is 0 Å². The van der Waals surface area contributed by atoms with Crippen LogP contribution in [0.5, 0.6) is 0 Å². The van der Waals surface area contributed by atoms with E-state index in [1.807, 2.05) is 24.3 Å². The molecular formula is C30H34N2O6S. The minimum Gasteiger partial charge on any atom is -0.318 e. The molecule has 0 saturated heterocycles. The molecule has 0 radical (unpaired) electrons. The number of carbonyl (C=O) groups is 4. The lowest BCUT2D eigenvalue weighted by Crippen LogP contribution is -2.17. The minimum absolute atomic E-state index is 0.0908. The third-order valence-corrected chi connectivity index (χ3v) is 7.46. The van der Waals surface area contributed by atoms with Gasteiger partial charge >= 0.3 is 11.9 Å². The third-order valence-electron chi connectivity index (χ3n) is 6.44. The Morgan fingerprint density at radius 1 is 0.769 bits per heavy atom. The minimum atomic E-state index is -0.505. The van der Waals surface area contributed by atoms with Gasteiger partial charge in [-0.05, 0) is 74.2 Å². The lowest BCUT2D eigenvalue weighted by molar-refractivity contribution is -0.144. The Bertz CT molecular complexity index is 1230. The monoisotopic (exact) mass is 550 g/mol. The molecule has 1 fully saturated rings. The number of Topliss-reactive ketones (excluding diaryl/α,β-unsaturated/α-hetero) is 2. The van der Waals surface area contributed by atoms with Gasteiger partial charge in [0.15, 0.2) is 0 Å². The van der Waals surface area contributed by atoms with Crippen molar-refractivity contribution in [3.63, 3.8) is 0 Å². The van der Waals surface area contributed by atoms with Crippen molar-refractivity contribution in [2.45, 2.75) is 81.9 Å². The van der Waals surface area contributed by atoms with Gasteiger partial charge in [-0.2, -0.15) is 0 Å². The SMILES string of the molecule is CCC(=O)O/N=C(\C)C(=O)c1ccc(Sc2ccc(C(=O)/C(CCC3CCCC3)=N/OC(=O)CC)cc2)cc1. The summed E-state index contributed by atoms with van der Waals surface area (Å²) in [6, 6.07) is 14.2. The van der Waals surface area contributed by atoms with Crippen LogP contribution in [0, 0.1) is 5.92 Å². The first-order chi connectivity index (χ1) is 18.8. The van der Waals surface area contributed by atoms with Gasteiger partial charge in [0.2, 0.25) is 11.6 Å². The number of nitrogens with zero attached hydrogens (tertiary/aromatic N) is 2. The maximum Gasteiger partial charge on any atom is 0.334 e. The van der Waals surface area contributed by atoms with Crippen LogP contribution in [0.1, 0.15) is 92.9 Å². The van der Waals surface area contributed by atoms with Gasteiger partial charge in [0.25, 0.3) is 0 Å². The normalized spacial score (nSPS) is 14.2. The van der Waals surface area contributed by atoms with E-state index in [2.05, 4.69) is 15.1 Å². The molecule has 0 N–H and O–H groups in total. The van der Waals surface area contributed by atoms with E-state index in [4.69, 9.17) is 4.84 Å². The van der Waals surface area contributed by atoms with Crippen molar-refractivity contribution in [2.75, 3.05) is 0 Å². The lowest BCUT2D eigenvalue weighted by atomic mass is 9.96. The summed E-state index contributed by atoms with van der Waals surface area (Å²) in [5, 5.41) is 7.54. The fourth-order valence-electron chi connectivity index (χ4n) is 4.10. The molecule has 8 nitrogen and oxygen atoms in total. The summed E-state index contributed by atoms with van der Waals surface area (Å²) >= 11 is 1.48. The maximum atomic E-state index is 13.2. The van der Waals surface area contributed by atoms with Gasteiger partial charge in [-0.15, -0.1) is 0 Å². The van der Waals surface area contributed by atoms with E-state index >= 15 is 0 Å². The zero-order valence-electron chi connectivity index (χ0n) is 22.6. The van der Waals surface area contributed by atoms with Crippen molar-refractivity contribution < 1.29 is 28.9 Å². The number of benzene rings is 2. The van der Waals surface area contributed by atoms with Crippen LogP contribution in [0.25, 0.3) is 0 Å². The summed E-state index contributed by atoms with van der Waals surface area (Å²) in [5.41, 5.74) is 1.28. The topological polar surface area (TPSA) is 111 Å². The van der Waals surface area contributed by atoms with E-state index < -0.39 is 11.9 Å². The van der Waals surface area contributed by atoms with Crippen molar-refractivity contribution in [3.05, 3.63) is 59.7 Å². The highest BCUT2D eigenvalue weighted by molar-refractivity contribution is 7.99. The Morgan fingerprint density at radius 3 is 1.77 bits per heavy atom. The van der Waals surface area contributed by atoms with Crippen LogP contribution >= 0.6 is 11.8 Å². The highest BCUT2D eigenvalue weighted by Gasteiger charge is 2.21. The first kappa shape index (κ1) is 30.0. The molecule has 0 amide bonds. The smallest absolute Gasteiger partial charge is 0.318 e. The largest absolute Gasteiger partial charge is 0.334 e. The van der Waals surface area contributed by atoms with E-state index in [1.165, 1.54) is 44.4 Å². The second-order valence-corrected chi connectivity index (χ2v) is 10.5. The quantitative estimate of drug-likeness (QED) is 0.116. The Morgan fingerprint density at radius 2 is 1.26 bits per heavy atom. The molecule has 0 aromatic heterocycles. The van der Waals surface area contributed by atoms with Crippen molar-refractivity contribution in [1.82, 2.24) is 0 Å². The Kier molecular flexibility index (Phi) is 11.6. The molecule has 0 atom stereocenters. The molecular weight excluding hydrogens is 516 g/mol. The van der Waals surface area contributed by atoms with Gasteiger partial charge in [0.1, 0.15) is 11.4 Å². The molecule has 1 aliphatic rings. The number of rotatable bonds is 13. The molecule has 0 unspecified atom stereocenters. The van der Waals surface area contributed by atoms with E-state index in [9.17, 15) is 19.2 Å². The zero-order chi connectivity index (χ0) is 28.2. The van der Waals surface area contributed by atoms with Crippen molar-refractivity contribution in [2.24, 2.45) is 16.2 Å². The molecule has 206 valence electrons. The molecule has 2 aromatic carbocycles. The van der Waals surface area contributed by atoms with E-state index in [0.29, 0.717) is 23.5 Å². The average Bonchev–Trinajstić information content (AvgIpc) is 3.49. The average molecular weight is 551 g/mol. The predicted molar refractivity (Wildman–Crippen MR) is 150 cm³/mol. The molecule has 39 heavy (non-hydrogen) atoms. The van der Waals surface area contributed by atoms with Crippen LogP contribution in [0.2, 0.25) is 0 Å². The Hall–Kier alpha value is -3.59. The van der Waals surface area contributed by atoms with E-state index in [0.717, 1.165) is 16.2 Å². The molecule has 1 aliphatic carbocycles. The summed E-state index contributed by atoms with van der Waals surface area (Å²) in [6.45, 7) is 4.82. The third kappa shape index (κ3) is 9.28. The van der Waals surface area contributed by atoms with Gasteiger partial charge in [-0.25, -0.2) is 9.59 Å². The molecule has 0 aliphatic heterocycles. The van der Waals surface area contributed by atoms with Gasteiger partial charge in [-0.1, -0.05) is 61.6 Å². The number of ketones is 2. The number of oxime groups is 2. The molecule has 0 spiro atoms. The zero-order valence-corrected chi connectivity index (χ0v) is 23.4. The summed E-state index contributed by atoms with van der Waals surface area (Å²) in [7, 11) is 0. The molecule has 1 saturated carbocycles. The first-order valence-corrected chi connectivity index (χ1v) is 14.1. The fourth-order valence-corrected chi connectivity index (χ4v) is 4.91. The van der Waals surface area contributed by atoms with E-state index in [1.54, 1.807) is 38.1 Å². The summed E-state index contributed by atoms with van der Waals surface area (Å²) in [5.74, 6) is -0.955. The second-order valence-electron chi connectivity index (χ2n) is 9.35. The van der Waals surface area contributed by atoms with Gasteiger partial charge in [0.05, 0.1) is 0 Å². The number of hydrogen-bond acceptors (Lipinski definition) is 9. The van der Waals surface area contributed by atoms with Crippen LogP contribution < -0.4 is 0 Å². The van der Waals surface area contributed by atoms with Crippen LogP contribution in [0.15, 0.2) is 68.6 Å². The van der Waals surface area contributed by atoms with E-state index in [-0.39, 0.29) is 35.8 Å².